The van der Waals surface area contributed by atoms with E-state index in [1.54, 1.807) is 14.0 Å². The van der Waals surface area contributed by atoms with Gasteiger partial charge in [0.15, 0.2) is 0 Å². The molecule has 0 saturated carbocycles. The van der Waals surface area contributed by atoms with Gasteiger partial charge in [0.25, 0.3) is 0 Å². The van der Waals surface area contributed by atoms with Crippen LogP contribution in [0.15, 0.2) is 24.3 Å². The van der Waals surface area contributed by atoms with Crippen LogP contribution in [0.5, 0.6) is 0 Å². The Hall–Kier alpha value is -1.84. The minimum atomic E-state index is -1.07. The second-order valence-electron chi connectivity index (χ2n) is 4.94. The van der Waals surface area contributed by atoms with E-state index in [1.165, 1.54) is 10.5 Å². The Labute approximate surface area is 114 Å². The topological polar surface area (TPSA) is 57.6 Å². The smallest absolute Gasteiger partial charge is 0.316 e. The van der Waals surface area contributed by atoms with E-state index < -0.39 is 11.9 Å². The van der Waals surface area contributed by atoms with Crippen molar-refractivity contribution in [3.8, 4) is 0 Å². The van der Waals surface area contributed by atoms with Gasteiger partial charge >= 0.3 is 5.97 Å². The number of carbonyl (C=O) groups is 2. The number of amides is 1. The second kappa shape index (κ2) is 6.36. The molecule has 1 rings (SSSR count). The second-order valence-corrected chi connectivity index (χ2v) is 4.94. The Morgan fingerprint density at radius 3 is 2.11 bits per heavy atom. The predicted octanol–water partition coefficient (Wildman–Crippen LogP) is 2.88. The number of carbonyl (C=O) groups excluding carboxylic acids is 1. The van der Waals surface area contributed by atoms with E-state index >= 15 is 0 Å². The van der Waals surface area contributed by atoms with Crippen molar-refractivity contribution in [2.24, 2.45) is 5.92 Å². The van der Waals surface area contributed by atoms with Gasteiger partial charge in [-0.15, -0.1) is 0 Å². The molecule has 0 bridgehead atoms. The van der Waals surface area contributed by atoms with E-state index in [4.69, 9.17) is 5.11 Å². The SMILES string of the molecule is CCC(C(=O)O)C(=O)N(C)c1ccc(C(C)C)cc1. The van der Waals surface area contributed by atoms with E-state index in [9.17, 15) is 9.59 Å². The first-order valence-corrected chi connectivity index (χ1v) is 6.48. The highest BCUT2D eigenvalue weighted by atomic mass is 16.4. The lowest BCUT2D eigenvalue weighted by Crippen LogP contribution is -2.36. The third kappa shape index (κ3) is 3.56. The Balaban J connectivity index is 2.90. The molecule has 0 radical (unpaired) electrons. The molecule has 1 amide bonds. The minimum absolute atomic E-state index is 0.294. The van der Waals surface area contributed by atoms with Gasteiger partial charge in [0, 0.05) is 12.7 Å². The van der Waals surface area contributed by atoms with Gasteiger partial charge in [-0.3, -0.25) is 9.59 Å². The highest BCUT2D eigenvalue weighted by Crippen LogP contribution is 2.21. The standard InChI is InChI=1S/C15H21NO3/c1-5-13(15(18)19)14(17)16(4)12-8-6-11(7-9-12)10(2)3/h6-10,13H,5H2,1-4H3,(H,18,19). The van der Waals surface area contributed by atoms with Gasteiger partial charge in [-0.25, -0.2) is 0 Å². The van der Waals surface area contributed by atoms with E-state index in [2.05, 4.69) is 13.8 Å². The Morgan fingerprint density at radius 1 is 1.21 bits per heavy atom. The molecule has 0 aromatic heterocycles. The maximum atomic E-state index is 12.1. The summed E-state index contributed by atoms with van der Waals surface area (Å²) in [4.78, 5) is 24.5. The third-order valence-corrected chi connectivity index (χ3v) is 3.28. The summed E-state index contributed by atoms with van der Waals surface area (Å²) in [5.74, 6) is -2.00. The van der Waals surface area contributed by atoms with Gasteiger partial charge in [0.05, 0.1) is 0 Å². The fraction of sp³-hybridized carbons (Fsp3) is 0.467. The number of carboxylic acids is 1. The maximum absolute atomic E-state index is 12.1. The van der Waals surface area contributed by atoms with Crippen molar-refractivity contribution in [1.29, 1.82) is 0 Å². The van der Waals surface area contributed by atoms with Gasteiger partial charge in [-0.05, 0) is 30.0 Å². The van der Waals surface area contributed by atoms with Crippen LogP contribution in [0.3, 0.4) is 0 Å². The van der Waals surface area contributed by atoms with Crippen LogP contribution < -0.4 is 4.90 Å². The van der Waals surface area contributed by atoms with Gasteiger partial charge in [-0.1, -0.05) is 32.9 Å². The lowest BCUT2D eigenvalue weighted by molar-refractivity contribution is -0.146. The summed E-state index contributed by atoms with van der Waals surface area (Å²) < 4.78 is 0. The minimum Gasteiger partial charge on any atom is -0.481 e. The molecule has 1 aromatic rings. The van der Waals surface area contributed by atoms with Crippen LogP contribution in [0, 0.1) is 5.92 Å². The summed E-state index contributed by atoms with van der Waals surface area (Å²) in [7, 11) is 1.61. The number of aliphatic carboxylic acids is 1. The first-order valence-electron chi connectivity index (χ1n) is 6.48. The quantitative estimate of drug-likeness (QED) is 0.831. The molecule has 0 heterocycles. The van der Waals surface area contributed by atoms with Crippen LogP contribution in [0.25, 0.3) is 0 Å². The van der Waals surface area contributed by atoms with E-state index in [1.807, 2.05) is 24.3 Å². The fourth-order valence-electron chi connectivity index (χ4n) is 1.90. The van der Waals surface area contributed by atoms with Crippen LogP contribution in [0.4, 0.5) is 5.69 Å². The zero-order valence-corrected chi connectivity index (χ0v) is 11.9. The normalized spacial score (nSPS) is 12.3. The first-order chi connectivity index (χ1) is 8.88. The zero-order valence-electron chi connectivity index (χ0n) is 11.9. The summed E-state index contributed by atoms with van der Waals surface area (Å²) in [6.45, 7) is 5.90. The van der Waals surface area contributed by atoms with Crippen molar-refractivity contribution in [2.75, 3.05) is 11.9 Å². The Kier molecular flexibility index (Phi) is 5.10. The largest absolute Gasteiger partial charge is 0.481 e. The zero-order chi connectivity index (χ0) is 14.6. The van der Waals surface area contributed by atoms with Crippen molar-refractivity contribution in [2.45, 2.75) is 33.1 Å². The molecule has 4 heteroatoms. The molecule has 1 N–H and O–H groups in total. The number of hydrogen-bond acceptors (Lipinski definition) is 2. The molecular formula is C15H21NO3. The summed E-state index contributed by atoms with van der Waals surface area (Å²) in [6.07, 6.45) is 0.294. The lowest BCUT2D eigenvalue weighted by Gasteiger charge is -2.21. The average Bonchev–Trinajstić information content (AvgIpc) is 2.38. The van der Waals surface area contributed by atoms with Gasteiger partial charge < -0.3 is 10.0 Å². The number of rotatable bonds is 5. The number of anilines is 1. The molecule has 0 aliphatic heterocycles. The highest BCUT2D eigenvalue weighted by Gasteiger charge is 2.27. The first kappa shape index (κ1) is 15.2. The van der Waals surface area contributed by atoms with Crippen molar-refractivity contribution < 1.29 is 14.7 Å². The molecule has 0 saturated heterocycles. The van der Waals surface area contributed by atoms with Crippen LogP contribution >= 0.6 is 0 Å². The predicted molar refractivity (Wildman–Crippen MR) is 75.4 cm³/mol. The highest BCUT2D eigenvalue weighted by molar-refractivity contribution is 6.05. The Bertz CT molecular complexity index is 451. The molecule has 1 unspecified atom stereocenters. The Morgan fingerprint density at radius 2 is 1.74 bits per heavy atom. The number of carboxylic acid groups (broad SMARTS) is 1. The summed E-state index contributed by atoms with van der Waals surface area (Å²) in [5.41, 5.74) is 1.91. The van der Waals surface area contributed by atoms with E-state index in [-0.39, 0.29) is 5.91 Å². The molecule has 0 aliphatic carbocycles. The van der Waals surface area contributed by atoms with E-state index in [0.29, 0.717) is 18.0 Å². The maximum Gasteiger partial charge on any atom is 0.316 e. The van der Waals surface area contributed by atoms with Gasteiger partial charge in [0.1, 0.15) is 5.92 Å². The van der Waals surface area contributed by atoms with Gasteiger partial charge in [0.2, 0.25) is 5.91 Å². The summed E-state index contributed by atoms with van der Waals surface area (Å²) >= 11 is 0. The number of nitrogens with zero attached hydrogens (tertiary/aromatic N) is 1. The monoisotopic (exact) mass is 263 g/mol. The van der Waals surface area contributed by atoms with Crippen LogP contribution in [-0.2, 0) is 9.59 Å². The number of hydrogen-bond donors (Lipinski definition) is 1. The molecular weight excluding hydrogens is 242 g/mol. The molecule has 104 valence electrons. The summed E-state index contributed by atoms with van der Waals surface area (Å²) in [6, 6.07) is 7.63. The lowest BCUT2D eigenvalue weighted by atomic mass is 10.0. The molecule has 1 atom stereocenters. The number of benzene rings is 1. The molecule has 0 aliphatic rings. The van der Waals surface area contributed by atoms with Crippen LogP contribution in [-0.4, -0.2) is 24.0 Å². The van der Waals surface area contributed by atoms with E-state index in [0.717, 1.165) is 0 Å². The average molecular weight is 263 g/mol. The van der Waals surface area contributed by atoms with Crippen molar-refractivity contribution in [3.05, 3.63) is 29.8 Å². The van der Waals surface area contributed by atoms with Crippen molar-refractivity contribution in [1.82, 2.24) is 0 Å². The van der Waals surface area contributed by atoms with Crippen LogP contribution in [0.2, 0.25) is 0 Å². The van der Waals surface area contributed by atoms with Gasteiger partial charge in [-0.2, -0.15) is 0 Å². The van der Waals surface area contributed by atoms with Crippen LogP contribution in [0.1, 0.15) is 38.7 Å². The van der Waals surface area contributed by atoms with Crippen molar-refractivity contribution >= 4 is 17.6 Å². The fourth-order valence-corrected chi connectivity index (χ4v) is 1.90. The summed E-state index contributed by atoms with van der Waals surface area (Å²) in [5, 5.41) is 9.01. The third-order valence-electron chi connectivity index (χ3n) is 3.28. The molecule has 19 heavy (non-hydrogen) atoms. The molecule has 4 nitrogen and oxygen atoms in total. The van der Waals surface area contributed by atoms with Crippen molar-refractivity contribution in [3.63, 3.8) is 0 Å². The molecule has 1 aromatic carbocycles. The molecule has 0 spiro atoms. The molecule has 0 fully saturated rings.